The molecule has 1 atom stereocenters. The molecular formula is C51H86N8O4S2. The summed E-state index contributed by atoms with van der Waals surface area (Å²) in [6, 6.07) is 12.1. The lowest BCUT2D eigenvalue weighted by Gasteiger charge is -2.36. The Morgan fingerprint density at radius 3 is 1.55 bits per heavy atom. The molecule has 4 heterocycles. The summed E-state index contributed by atoms with van der Waals surface area (Å²) in [6.07, 6.45) is 20.4. The second-order valence-electron chi connectivity index (χ2n) is 19.5. The van der Waals surface area contributed by atoms with Crippen molar-refractivity contribution in [2.75, 3.05) is 55.3 Å². The fourth-order valence-electron chi connectivity index (χ4n) is 10.2. The number of aromatic amines is 2. The molecule has 2 aliphatic rings. The van der Waals surface area contributed by atoms with Crippen LogP contribution in [0, 0.1) is 0 Å². The summed E-state index contributed by atoms with van der Waals surface area (Å²) in [5, 5.41) is 2.27. The first kappa shape index (κ1) is 52.8. The predicted molar refractivity (Wildman–Crippen MR) is 276 cm³/mol. The van der Waals surface area contributed by atoms with E-state index in [0.717, 1.165) is 86.5 Å². The summed E-state index contributed by atoms with van der Waals surface area (Å²) in [4.78, 5) is 12.0. The van der Waals surface area contributed by atoms with Crippen LogP contribution >= 0.6 is 0 Å². The van der Waals surface area contributed by atoms with Gasteiger partial charge < -0.3 is 19.8 Å². The van der Waals surface area contributed by atoms with Gasteiger partial charge in [0.05, 0.1) is 11.4 Å². The van der Waals surface area contributed by atoms with E-state index in [1.165, 1.54) is 73.3 Å². The van der Waals surface area contributed by atoms with Gasteiger partial charge in [-0.3, -0.25) is 9.44 Å². The lowest BCUT2D eigenvalue weighted by atomic mass is 9.88. The molecule has 2 aromatic heterocycles. The molecule has 0 amide bonds. The number of hydrogen-bond acceptors (Lipinski definition) is 6. The van der Waals surface area contributed by atoms with Crippen LogP contribution in [-0.4, -0.2) is 109 Å². The second kappa shape index (κ2) is 25.3. The molecule has 4 aromatic rings. The van der Waals surface area contributed by atoms with E-state index in [-0.39, 0.29) is 12.1 Å². The zero-order valence-electron chi connectivity index (χ0n) is 41.6. The summed E-state index contributed by atoms with van der Waals surface area (Å²) in [5.74, 6) is 1.03. The minimum absolute atomic E-state index is 0.107. The third-order valence-corrected chi connectivity index (χ3v) is 17.2. The van der Waals surface area contributed by atoms with E-state index in [1.54, 1.807) is 4.31 Å². The molecule has 0 saturated carbocycles. The zero-order valence-corrected chi connectivity index (χ0v) is 43.2. The Balaban J connectivity index is 0.000000245. The van der Waals surface area contributed by atoms with E-state index in [1.807, 2.05) is 64.1 Å². The first-order valence-electron chi connectivity index (χ1n) is 25.4. The molecule has 1 unspecified atom stereocenters. The highest BCUT2D eigenvalue weighted by atomic mass is 32.2. The normalized spacial score (nSPS) is 16.9. The van der Waals surface area contributed by atoms with Gasteiger partial charge in [-0.25, -0.2) is 0 Å². The Hall–Kier alpha value is -3.14. The van der Waals surface area contributed by atoms with Gasteiger partial charge in [-0.15, -0.1) is 0 Å². The van der Waals surface area contributed by atoms with Crippen molar-refractivity contribution in [3.8, 4) is 0 Å². The van der Waals surface area contributed by atoms with Crippen LogP contribution in [0.5, 0.6) is 0 Å². The average Bonchev–Trinajstić information content (AvgIpc) is 3.89. The van der Waals surface area contributed by atoms with Gasteiger partial charge in [0.1, 0.15) is 0 Å². The highest BCUT2D eigenvalue weighted by molar-refractivity contribution is 7.90. The largest absolute Gasteiger partial charge is 0.361 e. The van der Waals surface area contributed by atoms with Gasteiger partial charge in [-0.1, -0.05) is 66.2 Å². The SMILES string of the molecule is CCCC(C)N1CCC(c2c[nH]c3ccc(NS(=O)(=O)N(C(C)C)C(C)C)cc23)CC1.CCCCCCN1CCC(c2c[nH]c3ccc(NS(=O)(=O)N(CCCC)CCCC)cc23)CC1. The van der Waals surface area contributed by atoms with Gasteiger partial charge in [0.25, 0.3) is 0 Å². The third-order valence-electron chi connectivity index (χ3n) is 13.7. The number of hydrogen-bond donors (Lipinski definition) is 4. The van der Waals surface area contributed by atoms with Crippen LogP contribution in [0.1, 0.15) is 175 Å². The lowest BCUT2D eigenvalue weighted by molar-refractivity contribution is 0.155. The monoisotopic (exact) mass is 939 g/mol. The standard InChI is InChI=1S/C27H46N4O2S.C24H40N4O2S/c1-4-7-10-11-16-30-19-14-23(15-20-30)26-22-28-27-13-12-24(21-25(26)27)29-34(32,33)31(17-8-5-2)18-9-6-3;1-7-8-19(6)27-13-11-20(12-14-27)23-16-25-24-10-9-21(15-22(23)24)26-31(29,30)28(17(2)3)18(4)5/h12-13,21-23,28-29H,4-11,14-20H2,1-3H3;9-10,15-20,25-26H,7-8,11-14H2,1-6H3. The van der Waals surface area contributed by atoms with E-state index < -0.39 is 20.4 Å². The number of piperidine rings is 2. The Bertz CT molecular complexity index is 2220. The highest BCUT2D eigenvalue weighted by Crippen LogP contribution is 2.37. The number of rotatable bonds is 24. The number of nitrogens with zero attached hydrogens (tertiary/aromatic N) is 4. The molecule has 6 rings (SSSR count). The Morgan fingerprint density at radius 2 is 1.09 bits per heavy atom. The molecule has 12 nitrogen and oxygen atoms in total. The Kier molecular flexibility index (Phi) is 20.6. The quantitative estimate of drug-likeness (QED) is 0.0517. The third kappa shape index (κ3) is 14.7. The molecular weight excluding hydrogens is 853 g/mol. The average molecular weight is 939 g/mol. The molecule has 0 bridgehead atoms. The van der Waals surface area contributed by atoms with Crippen LogP contribution < -0.4 is 9.44 Å². The van der Waals surface area contributed by atoms with Crippen molar-refractivity contribution in [3.63, 3.8) is 0 Å². The van der Waals surface area contributed by atoms with E-state index >= 15 is 0 Å². The second-order valence-corrected chi connectivity index (χ2v) is 22.7. The number of likely N-dealkylation sites (tertiary alicyclic amines) is 2. The van der Waals surface area contributed by atoms with Gasteiger partial charge >= 0.3 is 20.4 Å². The molecule has 14 heteroatoms. The first-order chi connectivity index (χ1) is 31.1. The molecule has 366 valence electrons. The predicted octanol–water partition coefficient (Wildman–Crippen LogP) is 11.8. The maximum atomic E-state index is 13.1. The fourth-order valence-corrected chi connectivity index (χ4v) is 13.1. The topological polar surface area (TPSA) is 137 Å². The molecule has 2 fully saturated rings. The van der Waals surface area contributed by atoms with Gasteiger partial charge in [0.2, 0.25) is 0 Å². The van der Waals surface area contributed by atoms with Gasteiger partial charge in [-0.2, -0.15) is 25.4 Å². The van der Waals surface area contributed by atoms with E-state index in [0.29, 0.717) is 42.3 Å². The fraction of sp³-hybridized carbons (Fsp3) is 0.686. The molecule has 2 aromatic carbocycles. The summed E-state index contributed by atoms with van der Waals surface area (Å²) in [6.45, 7) is 25.6. The number of aromatic nitrogens is 2. The lowest BCUT2D eigenvalue weighted by Crippen LogP contribution is -2.45. The van der Waals surface area contributed by atoms with Crippen LogP contribution in [0.3, 0.4) is 0 Å². The van der Waals surface area contributed by atoms with E-state index in [4.69, 9.17) is 0 Å². The van der Waals surface area contributed by atoms with Crippen molar-refractivity contribution in [2.45, 2.75) is 182 Å². The molecule has 0 spiro atoms. The summed E-state index contributed by atoms with van der Waals surface area (Å²) >= 11 is 0. The Morgan fingerprint density at radius 1 is 0.615 bits per heavy atom. The first-order valence-corrected chi connectivity index (χ1v) is 28.3. The van der Waals surface area contributed by atoms with Gasteiger partial charge in [0.15, 0.2) is 0 Å². The number of benzene rings is 2. The molecule has 4 N–H and O–H groups in total. The number of H-pyrrole nitrogens is 2. The number of fused-ring (bicyclic) bond motifs is 2. The van der Waals surface area contributed by atoms with Crippen LogP contribution in [0.2, 0.25) is 0 Å². The maximum Gasteiger partial charge on any atom is 0.302 e. The van der Waals surface area contributed by atoms with Crippen molar-refractivity contribution in [3.05, 3.63) is 59.9 Å². The molecule has 65 heavy (non-hydrogen) atoms. The van der Waals surface area contributed by atoms with Gasteiger partial charge in [-0.05, 0) is 178 Å². The molecule has 2 saturated heterocycles. The number of nitrogens with one attached hydrogen (secondary N) is 4. The van der Waals surface area contributed by atoms with Crippen LogP contribution in [0.25, 0.3) is 21.8 Å². The molecule has 2 aliphatic heterocycles. The minimum Gasteiger partial charge on any atom is -0.361 e. The Labute approximate surface area is 394 Å². The maximum absolute atomic E-state index is 13.1. The van der Waals surface area contributed by atoms with Crippen LogP contribution in [-0.2, 0) is 20.4 Å². The summed E-state index contributed by atoms with van der Waals surface area (Å²) in [7, 11) is -7.18. The molecule has 0 aliphatic carbocycles. The van der Waals surface area contributed by atoms with Crippen molar-refractivity contribution in [1.82, 2.24) is 28.4 Å². The number of unbranched alkanes of at least 4 members (excludes halogenated alkanes) is 5. The smallest absolute Gasteiger partial charge is 0.302 e. The van der Waals surface area contributed by atoms with Crippen LogP contribution in [0.4, 0.5) is 11.4 Å². The van der Waals surface area contributed by atoms with E-state index in [2.05, 4.69) is 76.2 Å². The minimum atomic E-state index is -3.62. The van der Waals surface area contributed by atoms with Crippen molar-refractivity contribution in [2.24, 2.45) is 0 Å². The summed E-state index contributed by atoms with van der Waals surface area (Å²) < 4.78 is 61.1. The van der Waals surface area contributed by atoms with Crippen molar-refractivity contribution < 1.29 is 16.8 Å². The van der Waals surface area contributed by atoms with Gasteiger partial charge in [0, 0.05) is 65.4 Å². The number of anilines is 2. The van der Waals surface area contributed by atoms with Crippen molar-refractivity contribution in [1.29, 1.82) is 0 Å². The van der Waals surface area contributed by atoms with Crippen LogP contribution in [0.15, 0.2) is 48.8 Å². The zero-order chi connectivity index (χ0) is 47.1. The highest BCUT2D eigenvalue weighted by Gasteiger charge is 2.29. The van der Waals surface area contributed by atoms with Crippen molar-refractivity contribution >= 4 is 53.6 Å². The summed E-state index contributed by atoms with van der Waals surface area (Å²) in [5.41, 5.74) is 6.05. The molecule has 0 radical (unpaired) electrons. The van der Waals surface area contributed by atoms with E-state index in [9.17, 15) is 16.8 Å².